The van der Waals surface area contributed by atoms with Gasteiger partial charge in [0.05, 0.1) is 5.56 Å². The van der Waals surface area contributed by atoms with Gasteiger partial charge in [-0.2, -0.15) is 0 Å². The minimum Gasteiger partial charge on any atom is -0.478 e. The molecule has 0 radical (unpaired) electrons. The van der Waals surface area contributed by atoms with Crippen molar-refractivity contribution in [2.24, 2.45) is 0 Å². The number of carbonyl (C=O) groups is 2. The molecule has 0 fully saturated rings. The van der Waals surface area contributed by atoms with Gasteiger partial charge in [0.2, 0.25) is 0 Å². The number of carboxylic acid groups (broad SMARTS) is 1. The van der Waals surface area contributed by atoms with E-state index in [0.29, 0.717) is 24.0 Å². The fourth-order valence-electron chi connectivity index (χ4n) is 1.88. The fraction of sp³-hybridized carbons (Fsp3) is 0.273. The molecular weight excluding hydrogens is 180 g/mol. The maximum atomic E-state index is 11.5. The zero-order valence-electron chi connectivity index (χ0n) is 7.62. The zero-order chi connectivity index (χ0) is 10.1. The van der Waals surface area contributed by atoms with Crippen molar-refractivity contribution < 1.29 is 14.7 Å². The summed E-state index contributed by atoms with van der Waals surface area (Å²) in [7, 11) is 0. The normalized spacial score (nSPS) is 15.0. The Labute approximate surface area is 81.4 Å². The van der Waals surface area contributed by atoms with Gasteiger partial charge in [-0.15, -0.1) is 0 Å². The van der Waals surface area contributed by atoms with Gasteiger partial charge in [0.25, 0.3) is 0 Å². The maximum Gasteiger partial charge on any atom is 0.335 e. The number of hydrogen-bond acceptors (Lipinski definition) is 2. The van der Waals surface area contributed by atoms with E-state index < -0.39 is 5.97 Å². The van der Waals surface area contributed by atoms with Crippen LogP contribution >= 0.6 is 0 Å². The van der Waals surface area contributed by atoms with Crippen LogP contribution in [0.25, 0.3) is 0 Å². The Kier molecular flexibility index (Phi) is 2.08. The Balaban J connectivity index is 2.60. The molecule has 1 N–H and O–H groups in total. The third-order valence-corrected chi connectivity index (χ3v) is 2.54. The topological polar surface area (TPSA) is 54.4 Å². The number of hydrogen-bond donors (Lipinski definition) is 1. The van der Waals surface area contributed by atoms with E-state index >= 15 is 0 Å². The van der Waals surface area contributed by atoms with Crippen molar-refractivity contribution in [1.29, 1.82) is 0 Å². The Morgan fingerprint density at radius 2 is 2.07 bits per heavy atom. The quantitative estimate of drug-likeness (QED) is 0.735. The van der Waals surface area contributed by atoms with Gasteiger partial charge < -0.3 is 5.11 Å². The molecule has 0 saturated heterocycles. The molecule has 0 heterocycles. The van der Waals surface area contributed by atoms with Crippen molar-refractivity contribution in [3.63, 3.8) is 0 Å². The van der Waals surface area contributed by atoms with Crippen molar-refractivity contribution in [1.82, 2.24) is 0 Å². The molecule has 3 heteroatoms. The first-order valence-electron chi connectivity index (χ1n) is 4.58. The van der Waals surface area contributed by atoms with Crippen molar-refractivity contribution in [2.45, 2.75) is 19.3 Å². The van der Waals surface area contributed by atoms with E-state index in [2.05, 4.69) is 0 Å². The monoisotopic (exact) mass is 190 g/mol. The van der Waals surface area contributed by atoms with E-state index in [1.807, 2.05) is 0 Å². The molecule has 3 nitrogen and oxygen atoms in total. The molecule has 0 unspecified atom stereocenters. The highest BCUT2D eigenvalue weighted by atomic mass is 16.4. The van der Waals surface area contributed by atoms with Crippen LogP contribution in [0.5, 0.6) is 0 Å². The average Bonchev–Trinajstić information content (AvgIpc) is 2.17. The highest BCUT2D eigenvalue weighted by Crippen LogP contribution is 2.24. The summed E-state index contributed by atoms with van der Waals surface area (Å²) < 4.78 is 0. The van der Waals surface area contributed by atoms with Crippen molar-refractivity contribution >= 4 is 11.8 Å². The van der Waals surface area contributed by atoms with Crippen molar-refractivity contribution in [2.75, 3.05) is 0 Å². The van der Waals surface area contributed by atoms with E-state index in [4.69, 9.17) is 5.11 Å². The average molecular weight is 190 g/mol. The summed E-state index contributed by atoms with van der Waals surface area (Å²) in [6, 6.07) is 4.90. The zero-order valence-corrected chi connectivity index (χ0v) is 7.62. The van der Waals surface area contributed by atoms with Crippen LogP contribution in [0.1, 0.15) is 39.1 Å². The van der Waals surface area contributed by atoms with Crippen LogP contribution in [0.3, 0.4) is 0 Å². The summed E-state index contributed by atoms with van der Waals surface area (Å²) in [5, 5.41) is 8.92. The van der Waals surface area contributed by atoms with Crippen LogP contribution in [0.2, 0.25) is 0 Å². The maximum absolute atomic E-state index is 11.5. The van der Waals surface area contributed by atoms with Crippen molar-refractivity contribution in [3.8, 4) is 0 Å². The Bertz CT molecular complexity index is 393. The van der Waals surface area contributed by atoms with Gasteiger partial charge in [0, 0.05) is 12.0 Å². The van der Waals surface area contributed by atoms with E-state index in [0.717, 1.165) is 6.42 Å². The fourth-order valence-corrected chi connectivity index (χ4v) is 1.88. The van der Waals surface area contributed by atoms with E-state index in [-0.39, 0.29) is 11.3 Å². The minimum atomic E-state index is -0.948. The number of rotatable bonds is 1. The summed E-state index contributed by atoms with van der Waals surface area (Å²) in [5.74, 6) is -0.883. The van der Waals surface area contributed by atoms with E-state index in [1.54, 1.807) is 18.2 Å². The molecule has 72 valence electrons. The smallest absolute Gasteiger partial charge is 0.335 e. The molecule has 0 aliphatic heterocycles. The van der Waals surface area contributed by atoms with Gasteiger partial charge in [-0.1, -0.05) is 12.1 Å². The molecule has 14 heavy (non-hydrogen) atoms. The molecule has 0 saturated carbocycles. The first-order valence-corrected chi connectivity index (χ1v) is 4.58. The predicted octanol–water partition coefficient (Wildman–Crippen LogP) is 1.90. The Morgan fingerprint density at radius 3 is 2.79 bits per heavy atom. The third-order valence-electron chi connectivity index (χ3n) is 2.54. The molecule has 1 aromatic carbocycles. The molecule has 0 amide bonds. The lowest BCUT2D eigenvalue weighted by Crippen LogP contribution is -2.15. The SMILES string of the molecule is O=C(O)c1cccc2c1CCCC2=O. The van der Waals surface area contributed by atoms with Crippen LogP contribution in [-0.2, 0) is 6.42 Å². The molecule has 0 spiro atoms. The lowest BCUT2D eigenvalue weighted by molar-refractivity contribution is 0.0695. The lowest BCUT2D eigenvalue weighted by atomic mass is 9.87. The second-order valence-electron chi connectivity index (χ2n) is 3.41. The predicted molar refractivity (Wildman–Crippen MR) is 50.7 cm³/mol. The number of carbonyl (C=O) groups excluding carboxylic acids is 1. The number of benzene rings is 1. The number of Topliss-reactive ketones (excluding diaryl/α,β-unsaturated/α-hetero) is 1. The van der Waals surface area contributed by atoms with Crippen LogP contribution in [-0.4, -0.2) is 16.9 Å². The van der Waals surface area contributed by atoms with Gasteiger partial charge in [0.15, 0.2) is 5.78 Å². The molecule has 0 bridgehead atoms. The molecule has 1 aromatic rings. The molecule has 0 atom stereocenters. The van der Waals surface area contributed by atoms with Crippen LogP contribution in [0.4, 0.5) is 0 Å². The second kappa shape index (κ2) is 3.25. The number of ketones is 1. The lowest BCUT2D eigenvalue weighted by Gasteiger charge is -2.16. The highest BCUT2D eigenvalue weighted by molar-refractivity contribution is 6.02. The molecule has 2 rings (SSSR count). The summed E-state index contributed by atoms with van der Waals surface area (Å²) in [4.78, 5) is 22.3. The Hall–Kier alpha value is -1.64. The van der Waals surface area contributed by atoms with Crippen LogP contribution in [0, 0.1) is 0 Å². The van der Waals surface area contributed by atoms with Crippen molar-refractivity contribution in [3.05, 3.63) is 34.9 Å². The van der Waals surface area contributed by atoms with E-state index in [1.165, 1.54) is 0 Å². The van der Waals surface area contributed by atoms with Gasteiger partial charge in [-0.25, -0.2) is 4.79 Å². The van der Waals surface area contributed by atoms with Gasteiger partial charge in [-0.3, -0.25) is 4.79 Å². The molecule has 1 aliphatic rings. The molecular formula is C11H10O3. The summed E-state index contributed by atoms with van der Waals surface area (Å²) in [6.45, 7) is 0. The first-order chi connectivity index (χ1) is 6.70. The second-order valence-corrected chi connectivity index (χ2v) is 3.41. The molecule has 1 aliphatic carbocycles. The molecule has 0 aromatic heterocycles. The van der Waals surface area contributed by atoms with Crippen LogP contribution < -0.4 is 0 Å². The Morgan fingerprint density at radius 1 is 1.29 bits per heavy atom. The minimum absolute atomic E-state index is 0.0642. The van der Waals surface area contributed by atoms with Gasteiger partial charge in [0.1, 0.15) is 0 Å². The summed E-state index contributed by atoms with van der Waals surface area (Å²) in [6.07, 6.45) is 2.00. The highest BCUT2D eigenvalue weighted by Gasteiger charge is 2.21. The standard InChI is InChI=1S/C11H10O3/c12-10-6-2-3-7-8(10)4-1-5-9(7)11(13)14/h1,4-5H,2-3,6H2,(H,13,14). The number of aromatic carboxylic acids is 1. The summed E-state index contributed by atoms with van der Waals surface area (Å²) >= 11 is 0. The number of carboxylic acids is 1. The van der Waals surface area contributed by atoms with Gasteiger partial charge >= 0.3 is 5.97 Å². The largest absolute Gasteiger partial charge is 0.478 e. The first kappa shape index (κ1) is 8.94. The third kappa shape index (κ3) is 1.31. The number of fused-ring (bicyclic) bond motifs is 1. The van der Waals surface area contributed by atoms with E-state index in [9.17, 15) is 9.59 Å². The van der Waals surface area contributed by atoms with Crippen LogP contribution in [0.15, 0.2) is 18.2 Å². The summed E-state index contributed by atoms with van der Waals surface area (Å²) in [5.41, 5.74) is 1.57. The van der Waals surface area contributed by atoms with Gasteiger partial charge in [-0.05, 0) is 24.5 Å².